The first-order valence-corrected chi connectivity index (χ1v) is 6.89. The SMILES string of the molecule is Cn1nccc1CNCCc1ccc2c(c1)OCCO2. The molecule has 0 amide bonds. The van der Waals surface area contributed by atoms with Crippen LogP contribution >= 0.6 is 0 Å². The molecule has 0 aliphatic carbocycles. The van der Waals surface area contributed by atoms with E-state index >= 15 is 0 Å². The summed E-state index contributed by atoms with van der Waals surface area (Å²) in [6.45, 7) is 3.03. The molecular formula is C15H19N3O2. The van der Waals surface area contributed by atoms with Crippen LogP contribution in [0.15, 0.2) is 30.5 Å². The fourth-order valence-corrected chi connectivity index (χ4v) is 2.27. The van der Waals surface area contributed by atoms with Crippen molar-refractivity contribution in [3.63, 3.8) is 0 Å². The molecule has 3 rings (SSSR count). The number of aryl methyl sites for hydroxylation is 1. The lowest BCUT2D eigenvalue weighted by Crippen LogP contribution is -2.19. The van der Waals surface area contributed by atoms with Gasteiger partial charge in [0, 0.05) is 19.8 Å². The second kappa shape index (κ2) is 5.96. The average Bonchev–Trinajstić information content (AvgIpc) is 2.89. The molecule has 0 saturated carbocycles. The summed E-state index contributed by atoms with van der Waals surface area (Å²) in [7, 11) is 1.96. The maximum atomic E-state index is 5.59. The fraction of sp³-hybridized carbons (Fsp3) is 0.400. The molecule has 5 nitrogen and oxygen atoms in total. The number of nitrogens with one attached hydrogen (secondary N) is 1. The highest BCUT2D eigenvalue weighted by Gasteiger charge is 2.11. The van der Waals surface area contributed by atoms with E-state index in [1.54, 1.807) is 0 Å². The lowest BCUT2D eigenvalue weighted by atomic mass is 10.1. The number of ether oxygens (including phenoxy) is 2. The summed E-state index contributed by atoms with van der Waals surface area (Å²) >= 11 is 0. The number of aromatic nitrogens is 2. The standard InChI is InChI=1S/C15H19N3O2/c1-18-13(5-7-17-18)11-16-6-4-12-2-3-14-15(10-12)20-9-8-19-14/h2-3,5,7,10,16H,4,6,8-9,11H2,1H3. The Hall–Kier alpha value is -2.01. The average molecular weight is 273 g/mol. The number of hydrogen-bond acceptors (Lipinski definition) is 4. The van der Waals surface area contributed by atoms with Gasteiger partial charge in [-0.25, -0.2) is 0 Å². The van der Waals surface area contributed by atoms with Crippen LogP contribution in [0.3, 0.4) is 0 Å². The van der Waals surface area contributed by atoms with Gasteiger partial charge in [0.25, 0.3) is 0 Å². The lowest BCUT2D eigenvalue weighted by molar-refractivity contribution is 0.171. The van der Waals surface area contributed by atoms with Crippen molar-refractivity contribution in [2.24, 2.45) is 7.05 Å². The van der Waals surface area contributed by atoms with Crippen molar-refractivity contribution in [3.05, 3.63) is 41.7 Å². The molecule has 0 spiro atoms. The Morgan fingerprint density at radius 1 is 1.20 bits per heavy atom. The van der Waals surface area contributed by atoms with Crippen molar-refractivity contribution in [2.45, 2.75) is 13.0 Å². The van der Waals surface area contributed by atoms with E-state index in [0.29, 0.717) is 13.2 Å². The summed E-state index contributed by atoms with van der Waals surface area (Å²) in [4.78, 5) is 0. The normalized spacial score (nSPS) is 13.4. The maximum absolute atomic E-state index is 5.59. The molecule has 0 atom stereocenters. The smallest absolute Gasteiger partial charge is 0.161 e. The molecule has 0 bridgehead atoms. The zero-order chi connectivity index (χ0) is 13.8. The molecule has 0 radical (unpaired) electrons. The van der Waals surface area contributed by atoms with E-state index in [9.17, 15) is 0 Å². The number of fused-ring (bicyclic) bond motifs is 1. The van der Waals surface area contributed by atoms with E-state index in [4.69, 9.17) is 9.47 Å². The van der Waals surface area contributed by atoms with Crippen molar-refractivity contribution >= 4 is 0 Å². The molecule has 1 aliphatic heterocycles. The van der Waals surface area contributed by atoms with Gasteiger partial charge in [-0.1, -0.05) is 6.07 Å². The molecule has 0 unspecified atom stereocenters. The molecule has 1 aromatic heterocycles. The highest BCUT2D eigenvalue weighted by atomic mass is 16.6. The van der Waals surface area contributed by atoms with Crippen molar-refractivity contribution < 1.29 is 9.47 Å². The quantitative estimate of drug-likeness (QED) is 0.839. The van der Waals surface area contributed by atoms with Crippen molar-refractivity contribution in [1.29, 1.82) is 0 Å². The van der Waals surface area contributed by atoms with Gasteiger partial charge in [0.2, 0.25) is 0 Å². The first kappa shape index (κ1) is 13.0. The Morgan fingerprint density at radius 2 is 2.05 bits per heavy atom. The molecule has 1 aliphatic rings. The minimum atomic E-state index is 0.634. The van der Waals surface area contributed by atoms with E-state index in [2.05, 4.69) is 22.5 Å². The second-order valence-corrected chi connectivity index (χ2v) is 4.85. The van der Waals surface area contributed by atoms with Crippen LogP contribution in [0.4, 0.5) is 0 Å². The summed E-state index contributed by atoms with van der Waals surface area (Å²) in [5.41, 5.74) is 2.44. The Kier molecular flexibility index (Phi) is 3.87. The van der Waals surface area contributed by atoms with Gasteiger partial charge in [0.05, 0.1) is 5.69 Å². The molecule has 20 heavy (non-hydrogen) atoms. The summed E-state index contributed by atoms with van der Waals surface area (Å²) in [6.07, 6.45) is 2.78. The van der Waals surface area contributed by atoms with Gasteiger partial charge in [0.15, 0.2) is 11.5 Å². The van der Waals surface area contributed by atoms with Crippen LogP contribution in [0.1, 0.15) is 11.3 Å². The van der Waals surface area contributed by atoms with Gasteiger partial charge in [-0.05, 0) is 36.7 Å². The van der Waals surface area contributed by atoms with Gasteiger partial charge in [-0.2, -0.15) is 5.10 Å². The van der Waals surface area contributed by atoms with E-state index in [1.165, 1.54) is 11.3 Å². The zero-order valence-corrected chi connectivity index (χ0v) is 11.6. The molecular weight excluding hydrogens is 254 g/mol. The number of rotatable bonds is 5. The molecule has 5 heteroatoms. The first-order valence-electron chi connectivity index (χ1n) is 6.89. The summed E-state index contributed by atoms with van der Waals surface area (Å²) in [5.74, 6) is 1.71. The third-order valence-corrected chi connectivity index (χ3v) is 3.43. The fourth-order valence-electron chi connectivity index (χ4n) is 2.27. The molecule has 0 saturated heterocycles. The highest BCUT2D eigenvalue weighted by Crippen LogP contribution is 2.30. The Morgan fingerprint density at radius 3 is 2.85 bits per heavy atom. The Balaban J connectivity index is 1.50. The zero-order valence-electron chi connectivity index (χ0n) is 11.6. The van der Waals surface area contributed by atoms with Crippen LogP contribution in [-0.4, -0.2) is 29.5 Å². The molecule has 1 aromatic carbocycles. The largest absolute Gasteiger partial charge is 0.486 e. The number of nitrogens with zero attached hydrogens (tertiary/aromatic N) is 2. The highest BCUT2D eigenvalue weighted by molar-refractivity contribution is 5.43. The summed E-state index contributed by atoms with van der Waals surface area (Å²) in [6, 6.07) is 8.18. The first-order chi connectivity index (χ1) is 9.83. The molecule has 2 aromatic rings. The summed E-state index contributed by atoms with van der Waals surface area (Å²) in [5, 5.41) is 7.57. The predicted octanol–water partition coefficient (Wildman–Crippen LogP) is 1.52. The third kappa shape index (κ3) is 2.93. The summed E-state index contributed by atoms with van der Waals surface area (Å²) < 4.78 is 13.0. The van der Waals surface area contributed by atoms with E-state index < -0.39 is 0 Å². The van der Waals surface area contributed by atoms with Gasteiger partial charge in [-0.3, -0.25) is 4.68 Å². The maximum Gasteiger partial charge on any atom is 0.161 e. The number of hydrogen-bond donors (Lipinski definition) is 1. The molecule has 106 valence electrons. The Bertz CT molecular complexity index is 580. The van der Waals surface area contributed by atoms with E-state index in [0.717, 1.165) is 31.0 Å². The van der Waals surface area contributed by atoms with Crippen LogP contribution in [0, 0.1) is 0 Å². The van der Waals surface area contributed by atoms with Gasteiger partial charge >= 0.3 is 0 Å². The van der Waals surface area contributed by atoms with Gasteiger partial charge < -0.3 is 14.8 Å². The van der Waals surface area contributed by atoms with Gasteiger partial charge in [0.1, 0.15) is 13.2 Å². The minimum absolute atomic E-state index is 0.634. The Labute approximate surface area is 118 Å². The van der Waals surface area contributed by atoms with Crippen molar-refractivity contribution in [1.82, 2.24) is 15.1 Å². The predicted molar refractivity (Wildman–Crippen MR) is 76.1 cm³/mol. The second-order valence-electron chi connectivity index (χ2n) is 4.85. The minimum Gasteiger partial charge on any atom is -0.486 e. The molecule has 0 fully saturated rings. The van der Waals surface area contributed by atoms with E-state index in [-0.39, 0.29) is 0 Å². The van der Waals surface area contributed by atoms with Crippen LogP contribution in [0.5, 0.6) is 11.5 Å². The van der Waals surface area contributed by atoms with Crippen LogP contribution in [0.25, 0.3) is 0 Å². The topological polar surface area (TPSA) is 48.3 Å². The van der Waals surface area contributed by atoms with Crippen molar-refractivity contribution in [3.8, 4) is 11.5 Å². The number of benzene rings is 1. The van der Waals surface area contributed by atoms with Crippen LogP contribution in [0.2, 0.25) is 0 Å². The molecule has 2 heterocycles. The third-order valence-electron chi connectivity index (χ3n) is 3.43. The van der Waals surface area contributed by atoms with Crippen LogP contribution in [-0.2, 0) is 20.0 Å². The van der Waals surface area contributed by atoms with E-state index in [1.807, 2.05) is 30.1 Å². The monoisotopic (exact) mass is 273 g/mol. The van der Waals surface area contributed by atoms with Crippen molar-refractivity contribution in [2.75, 3.05) is 19.8 Å². The van der Waals surface area contributed by atoms with Gasteiger partial charge in [-0.15, -0.1) is 0 Å². The lowest BCUT2D eigenvalue weighted by Gasteiger charge is -2.18. The molecule has 1 N–H and O–H groups in total. The van der Waals surface area contributed by atoms with Crippen LogP contribution < -0.4 is 14.8 Å².